The summed E-state index contributed by atoms with van der Waals surface area (Å²) in [5.74, 6) is -0.767. The first-order valence-corrected chi connectivity index (χ1v) is 5.04. The Morgan fingerprint density at radius 1 is 1.35 bits per heavy atom. The van der Waals surface area contributed by atoms with Gasteiger partial charge in [0.15, 0.2) is 5.76 Å². The van der Waals surface area contributed by atoms with Crippen molar-refractivity contribution in [3.8, 4) is 0 Å². The number of amides is 1. The lowest BCUT2D eigenvalue weighted by Crippen LogP contribution is -2.29. The maximum atomic E-state index is 11.6. The number of methoxy groups -OCH3 is 1. The summed E-state index contributed by atoms with van der Waals surface area (Å²) < 4.78 is 9.74. The zero-order chi connectivity index (χ0) is 12.3. The number of furan rings is 1. The third-order valence-corrected chi connectivity index (χ3v) is 2.27. The Morgan fingerprint density at radius 3 is 2.82 bits per heavy atom. The van der Waals surface area contributed by atoms with Crippen molar-refractivity contribution < 1.29 is 18.7 Å². The molecule has 0 spiro atoms. The Balaban J connectivity index is 2.11. The second-order valence-corrected chi connectivity index (χ2v) is 3.41. The SMILES string of the molecule is COC(=O)CNC(=O)c1cc2ccccc2o1. The standard InChI is InChI=1S/C12H11NO4/c1-16-11(14)7-13-12(15)10-6-8-4-2-3-5-9(8)17-10/h2-6H,7H2,1H3,(H,13,15). The highest BCUT2D eigenvalue weighted by atomic mass is 16.5. The van der Waals surface area contributed by atoms with Crippen molar-refractivity contribution in [3.05, 3.63) is 36.1 Å². The van der Waals surface area contributed by atoms with Gasteiger partial charge in [-0.25, -0.2) is 0 Å². The Labute approximate surface area is 97.4 Å². The molecule has 0 aliphatic carbocycles. The molecule has 2 rings (SSSR count). The molecule has 0 aliphatic heterocycles. The number of hydrogen-bond donors (Lipinski definition) is 1. The number of para-hydroxylation sites is 1. The molecule has 0 aliphatic rings. The lowest BCUT2D eigenvalue weighted by molar-refractivity contribution is -0.139. The molecule has 0 bridgehead atoms. The highest BCUT2D eigenvalue weighted by Gasteiger charge is 2.12. The second-order valence-electron chi connectivity index (χ2n) is 3.41. The molecule has 0 unspecified atom stereocenters. The highest BCUT2D eigenvalue weighted by Crippen LogP contribution is 2.18. The van der Waals surface area contributed by atoms with E-state index in [1.54, 1.807) is 12.1 Å². The number of esters is 1. The molecule has 88 valence electrons. The molecular weight excluding hydrogens is 222 g/mol. The van der Waals surface area contributed by atoms with Crippen LogP contribution in [0.4, 0.5) is 0 Å². The molecule has 1 amide bonds. The molecule has 5 nitrogen and oxygen atoms in total. The fraction of sp³-hybridized carbons (Fsp3) is 0.167. The third-order valence-electron chi connectivity index (χ3n) is 2.27. The molecule has 5 heteroatoms. The summed E-state index contributed by atoms with van der Waals surface area (Å²) in [6, 6.07) is 8.92. The molecule has 0 radical (unpaired) electrons. The number of carbonyl (C=O) groups excluding carboxylic acids is 2. The highest BCUT2D eigenvalue weighted by molar-refractivity contribution is 5.97. The molecule has 1 heterocycles. The van der Waals surface area contributed by atoms with E-state index in [0.717, 1.165) is 5.39 Å². The fourth-order valence-electron chi connectivity index (χ4n) is 1.41. The number of carbonyl (C=O) groups is 2. The van der Waals surface area contributed by atoms with Crippen LogP contribution in [0.1, 0.15) is 10.6 Å². The monoisotopic (exact) mass is 233 g/mol. The van der Waals surface area contributed by atoms with E-state index in [1.807, 2.05) is 18.2 Å². The normalized spacial score (nSPS) is 10.2. The van der Waals surface area contributed by atoms with Gasteiger partial charge in [-0.2, -0.15) is 0 Å². The van der Waals surface area contributed by atoms with Gasteiger partial charge in [0.25, 0.3) is 5.91 Å². The first-order valence-electron chi connectivity index (χ1n) is 5.04. The van der Waals surface area contributed by atoms with Gasteiger partial charge in [0.05, 0.1) is 7.11 Å². The van der Waals surface area contributed by atoms with E-state index >= 15 is 0 Å². The van der Waals surface area contributed by atoms with Crippen LogP contribution in [0, 0.1) is 0 Å². The Hall–Kier alpha value is -2.30. The summed E-state index contributed by atoms with van der Waals surface area (Å²) >= 11 is 0. The van der Waals surface area contributed by atoms with Gasteiger partial charge in [-0.1, -0.05) is 18.2 Å². The van der Waals surface area contributed by atoms with Crippen molar-refractivity contribution in [2.24, 2.45) is 0 Å². The predicted octanol–water partition coefficient (Wildman–Crippen LogP) is 1.34. The summed E-state index contributed by atoms with van der Waals surface area (Å²) in [5.41, 5.74) is 0.635. The van der Waals surface area contributed by atoms with Crippen molar-refractivity contribution >= 4 is 22.8 Å². The molecule has 0 atom stereocenters. The Bertz CT molecular complexity index is 525. The Kier molecular flexibility index (Phi) is 3.09. The Morgan fingerprint density at radius 2 is 2.12 bits per heavy atom. The van der Waals surface area contributed by atoms with Crippen LogP contribution >= 0.6 is 0 Å². The van der Waals surface area contributed by atoms with E-state index in [0.29, 0.717) is 5.58 Å². The molecule has 0 fully saturated rings. The van der Waals surface area contributed by atoms with Crippen LogP contribution in [0.15, 0.2) is 34.7 Å². The van der Waals surface area contributed by atoms with E-state index in [4.69, 9.17) is 4.42 Å². The van der Waals surface area contributed by atoms with Crippen LogP contribution in [0.2, 0.25) is 0 Å². The number of nitrogens with one attached hydrogen (secondary N) is 1. The van der Waals surface area contributed by atoms with Crippen molar-refractivity contribution in [1.29, 1.82) is 0 Å². The van der Waals surface area contributed by atoms with E-state index in [2.05, 4.69) is 10.1 Å². The summed E-state index contributed by atoms with van der Waals surface area (Å²) in [6.45, 7) is -0.174. The van der Waals surface area contributed by atoms with Crippen molar-refractivity contribution in [1.82, 2.24) is 5.32 Å². The summed E-state index contributed by atoms with van der Waals surface area (Å²) in [6.07, 6.45) is 0. The largest absolute Gasteiger partial charge is 0.468 e. The van der Waals surface area contributed by atoms with Crippen LogP contribution in [-0.2, 0) is 9.53 Å². The van der Waals surface area contributed by atoms with Crippen molar-refractivity contribution in [3.63, 3.8) is 0 Å². The first-order chi connectivity index (χ1) is 8.20. The predicted molar refractivity (Wildman–Crippen MR) is 60.6 cm³/mol. The minimum atomic E-state index is -0.505. The van der Waals surface area contributed by atoms with Gasteiger partial charge in [-0.05, 0) is 12.1 Å². The van der Waals surface area contributed by atoms with Gasteiger partial charge < -0.3 is 14.5 Å². The first kappa shape index (κ1) is 11.2. The summed E-state index contributed by atoms with van der Waals surface area (Å²) in [4.78, 5) is 22.5. The van der Waals surface area contributed by atoms with E-state index in [-0.39, 0.29) is 12.3 Å². The molecule has 1 aromatic heterocycles. The van der Waals surface area contributed by atoms with Gasteiger partial charge in [-0.15, -0.1) is 0 Å². The molecule has 0 saturated heterocycles. The maximum absolute atomic E-state index is 11.6. The molecule has 1 N–H and O–H groups in total. The number of ether oxygens (including phenoxy) is 1. The van der Waals surface area contributed by atoms with Gasteiger partial charge in [0.2, 0.25) is 0 Å². The van der Waals surface area contributed by atoms with Gasteiger partial charge >= 0.3 is 5.97 Å². The van der Waals surface area contributed by atoms with E-state index < -0.39 is 11.9 Å². The number of rotatable bonds is 3. The molecular formula is C12H11NO4. The quantitative estimate of drug-likeness (QED) is 0.812. The third kappa shape index (κ3) is 2.44. The molecule has 2 aromatic rings. The average Bonchev–Trinajstić information content (AvgIpc) is 2.79. The summed E-state index contributed by atoms with van der Waals surface area (Å²) in [7, 11) is 1.26. The maximum Gasteiger partial charge on any atom is 0.325 e. The molecule has 17 heavy (non-hydrogen) atoms. The average molecular weight is 233 g/mol. The van der Waals surface area contributed by atoms with Crippen LogP contribution in [0.25, 0.3) is 11.0 Å². The minimum Gasteiger partial charge on any atom is -0.468 e. The zero-order valence-corrected chi connectivity index (χ0v) is 9.23. The topological polar surface area (TPSA) is 68.5 Å². The fourth-order valence-corrected chi connectivity index (χ4v) is 1.41. The zero-order valence-electron chi connectivity index (χ0n) is 9.23. The molecule has 1 aromatic carbocycles. The molecule has 0 saturated carbocycles. The number of hydrogen-bond acceptors (Lipinski definition) is 4. The second kappa shape index (κ2) is 4.69. The van der Waals surface area contributed by atoms with Gasteiger partial charge in [0.1, 0.15) is 12.1 Å². The summed E-state index contributed by atoms with van der Waals surface area (Å²) in [5, 5.41) is 3.25. The number of benzene rings is 1. The minimum absolute atomic E-state index is 0.174. The van der Waals surface area contributed by atoms with E-state index in [1.165, 1.54) is 7.11 Å². The van der Waals surface area contributed by atoms with Crippen molar-refractivity contribution in [2.75, 3.05) is 13.7 Å². The van der Waals surface area contributed by atoms with E-state index in [9.17, 15) is 9.59 Å². The van der Waals surface area contributed by atoms with Gasteiger partial charge in [-0.3, -0.25) is 9.59 Å². The van der Waals surface area contributed by atoms with Crippen LogP contribution < -0.4 is 5.32 Å². The van der Waals surface area contributed by atoms with Crippen LogP contribution in [-0.4, -0.2) is 25.5 Å². The van der Waals surface area contributed by atoms with Crippen molar-refractivity contribution in [2.45, 2.75) is 0 Å². The number of fused-ring (bicyclic) bond motifs is 1. The van der Waals surface area contributed by atoms with Crippen LogP contribution in [0.3, 0.4) is 0 Å². The van der Waals surface area contributed by atoms with Gasteiger partial charge in [0, 0.05) is 5.39 Å². The smallest absolute Gasteiger partial charge is 0.325 e. The van der Waals surface area contributed by atoms with Crippen LogP contribution in [0.5, 0.6) is 0 Å². The lowest BCUT2D eigenvalue weighted by atomic mass is 10.2. The lowest BCUT2D eigenvalue weighted by Gasteiger charge is -2.00.